The van der Waals surface area contributed by atoms with Crippen molar-refractivity contribution in [1.29, 1.82) is 0 Å². The summed E-state index contributed by atoms with van der Waals surface area (Å²) in [6, 6.07) is 8.39. The lowest BCUT2D eigenvalue weighted by molar-refractivity contribution is 0.0987. The van der Waals surface area contributed by atoms with Gasteiger partial charge < -0.3 is 5.73 Å². The largest absolute Gasteiger partial charge is 0.399 e. The number of rotatable bonds is 1. The zero-order valence-electron chi connectivity index (χ0n) is 11.2. The Labute approximate surface area is 105 Å². The maximum absolute atomic E-state index is 5.87. The van der Waals surface area contributed by atoms with Crippen LogP contribution in [0.15, 0.2) is 24.3 Å². The van der Waals surface area contributed by atoms with Gasteiger partial charge in [0.2, 0.25) is 0 Å². The average Bonchev–Trinajstić information content (AvgIpc) is 2.28. The number of nitrogen functional groups attached to an aromatic ring is 1. The van der Waals surface area contributed by atoms with Gasteiger partial charge in [0, 0.05) is 17.8 Å². The normalized spacial score (nSPS) is 22.6. The zero-order valence-corrected chi connectivity index (χ0v) is 11.2. The van der Waals surface area contributed by atoms with Crippen LogP contribution in [0.3, 0.4) is 0 Å². The molecule has 0 bridgehead atoms. The molecule has 1 unspecified atom stereocenters. The van der Waals surface area contributed by atoms with E-state index in [1.807, 2.05) is 6.07 Å². The summed E-state index contributed by atoms with van der Waals surface area (Å²) in [4.78, 5) is 2.59. The first-order chi connectivity index (χ1) is 7.97. The number of hydrogen-bond donors (Lipinski definition) is 1. The smallest absolute Gasteiger partial charge is 0.0316 e. The van der Waals surface area contributed by atoms with Crippen LogP contribution in [-0.4, -0.2) is 23.5 Å². The monoisotopic (exact) mass is 232 g/mol. The second-order valence-corrected chi connectivity index (χ2v) is 6.13. The fourth-order valence-corrected chi connectivity index (χ4v) is 2.67. The number of nitrogens with two attached hydrogens (primary N) is 1. The standard InChI is InChI=1S/C15H24N2/c1-15(2,3)17-9-5-7-13(11-17)12-6-4-8-14(16)10-12/h4,6,8,10,13H,5,7,9,11,16H2,1-3H3. The van der Waals surface area contributed by atoms with Gasteiger partial charge in [0.1, 0.15) is 0 Å². The van der Waals surface area contributed by atoms with Crippen molar-refractivity contribution in [1.82, 2.24) is 4.90 Å². The van der Waals surface area contributed by atoms with Gasteiger partial charge in [0.15, 0.2) is 0 Å². The van der Waals surface area contributed by atoms with Crippen LogP contribution >= 0.6 is 0 Å². The van der Waals surface area contributed by atoms with Gasteiger partial charge in [-0.05, 0) is 63.8 Å². The zero-order chi connectivity index (χ0) is 12.5. The maximum Gasteiger partial charge on any atom is 0.0316 e. The molecule has 1 saturated heterocycles. The molecule has 1 aromatic carbocycles. The molecule has 0 aliphatic carbocycles. The van der Waals surface area contributed by atoms with Gasteiger partial charge in [-0.2, -0.15) is 0 Å². The lowest BCUT2D eigenvalue weighted by Crippen LogP contribution is -2.46. The maximum atomic E-state index is 5.87. The summed E-state index contributed by atoms with van der Waals surface area (Å²) in [5.41, 5.74) is 8.44. The van der Waals surface area contributed by atoms with Gasteiger partial charge in [-0.3, -0.25) is 4.90 Å². The van der Waals surface area contributed by atoms with Crippen molar-refractivity contribution in [2.24, 2.45) is 0 Å². The number of nitrogens with zero attached hydrogens (tertiary/aromatic N) is 1. The summed E-state index contributed by atoms with van der Waals surface area (Å²) in [7, 11) is 0. The highest BCUT2D eigenvalue weighted by molar-refractivity contribution is 5.42. The molecule has 2 rings (SSSR count). The number of likely N-dealkylation sites (tertiary alicyclic amines) is 1. The van der Waals surface area contributed by atoms with E-state index in [4.69, 9.17) is 5.73 Å². The van der Waals surface area contributed by atoms with E-state index in [-0.39, 0.29) is 5.54 Å². The summed E-state index contributed by atoms with van der Waals surface area (Å²) >= 11 is 0. The number of hydrogen-bond acceptors (Lipinski definition) is 2. The summed E-state index contributed by atoms with van der Waals surface area (Å²) in [6.45, 7) is 9.29. The van der Waals surface area contributed by atoms with Gasteiger partial charge in [0.05, 0.1) is 0 Å². The molecular weight excluding hydrogens is 208 g/mol. The first-order valence-corrected chi connectivity index (χ1v) is 6.57. The van der Waals surface area contributed by atoms with E-state index in [2.05, 4.69) is 43.9 Å². The van der Waals surface area contributed by atoms with Crippen molar-refractivity contribution in [3.05, 3.63) is 29.8 Å². The minimum Gasteiger partial charge on any atom is -0.399 e. The predicted octanol–water partition coefficient (Wildman–Crippen LogP) is 3.25. The molecular formula is C15H24N2. The van der Waals surface area contributed by atoms with Crippen LogP contribution in [0.4, 0.5) is 5.69 Å². The van der Waals surface area contributed by atoms with Crippen LogP contribution in [0.1, 0.15) is 45.1 Å². The molecule has 1 aliphatic rings. The quantitative estimate of drug-likeness (QED) is 0.753. The molecule has 1 aliphatic heterocycles. The van der Waals surface area contributed by atoms with E-state index in [1.165, 1.54) is 24.9 Å². The number of anilines is 1. The SMILES string of the molecule is CC(C)(C)N1CCCC(c2cccc(N)c2)C1. The van der Waals surface area contributed by atoms with Crippen molar-refractivity contribution in [2.45, 2.75) is 45.1 Å². The Bertz CT molecular complexity index is 379. The highest BCUT2D eigenvalue weighted by Crippen LogP contribution is 2.31. The van der Waals surface area contributed by atoms with Crippen LogP contribution in [0.25, 0.3) is 0 Å². The molecule has 94 valence electrons. The summed E-state index contributed by atoms with van der Waals surface area (Å²) in [6.07, 6.45) is 2.58. The minimum atomic E-state index is 0.277. The first kappa shape index (κ1) is 12.4. The van der Waals surface area contributed by atoms with Crippen molar-refractivity contribution in [2.75, 3.05) is 18.8 Å². The third kappa shape index (κ3) is 3.01. The summed E-state index contributed by atoms with van der Waals surface area (Å²) in [5, 5.41) is 0. The predicted molar refractivity (Wildman–Crippen MR) is 74.2 cm³/mol. The fraction of sp³-hybridized carbons (Fsp3) is 0.600. The van der Waals surface area contributed by atoms with Gasteiger partial charge in [-0.1, -0.05) is 12.1 Å². The summed E-state index contributed by atoms with van der Waals surface area (Å²) in [5.74, 6) is 0.645. The molecule has 1 atom stereocenters. The van der Waals surface area contributed by atoms with Crippen LogP contribution in [-0.2, 0) is 0 Å². The second kappa shape index (κ2) is 4.69. The Morgan fingerprint density at radius 3 is 2.71 bits per heavy atom. The molecule has 0 radical (unpaired) electrons. The molecule has 1 heterocycles. The van der Waals surface area contributed by atoms with Crippen LogP contribution < -0.4 is 5.73 Å². The Kier molecular flexibility index (Phi) is 3.43. The highest BCUT2D eigenvalue weighted by atomic mass is 15.2. The molecule has 17 heavy (non-hydrogen) atoms. The Hall–Kier alpha value is -1.02. The summed E-state index contributed by atoms with van der Waals surface area (Å²) < 4.78 is 0. The van der Waals surface area contributed by atoms with E-state index < -0.39 is 0 Å². The molecule has 2 nitrogen and oxygen atoms in total. The number of benzene rings is 1. The fourth-order valence-electron chi connectivity index (χ4n) is 2.67. The van der Waals surface area contributed by atoms with E-state index >= 15 is 0 Å². The third-order valence-corrected chi connectivity index (χ3v) is 3.75. The average molecular weight is 232 g/mol. The minimum absolute atomic E-state index is 0.277. The Morgan fingerprint density at radius 1 is 1.29 bits per heavy atom. The van der Waals surface area contributed by atoms with Crippen molar-refractivity contribution in [3.8, 4) is 0 Å². The molecule has 2 heteroatoms. The van der Waals surface area contributed by atoms with Crippen LogP contribution in [0, 0.1) is 0 Å². The van der Waals surface area contributed by atoms with Gasteiger partial charge in [-0.25, -0.2) is 0 Å². The number of piperidine rings is 1. The molecule has 0 aromatic heterocycles. The van der Waals surface area contributed by atoms with Gasteiger partial charge in [-0.15, -0.1) is 0 Å². The lowest BCUT2D eigenvalue weighted by atomic mass is 9.88. The molecule has 2 N–H and O–H groups in total. The van der Waals surface area contributed by atoms with Gasteiger partial charge >= 0.3 is 0 Å². The van der Waals surface area contributed by atoms with Crippen LogP contribution in [0.2, 0.25) is 0 Å². The van der Waals surface area contributed by atoms with E-state index in [0.29, 0.717) is 5.92 Å². The first-order valence-electron chi connectivity index (χ1n) is 6.57. The van der Waals surface area contributed by atoms with E-state index in [0.717, 1.165) is 12.2 Å². The van der Waals surface area contributed by atoms with Crippen LogP contribution in [0.5, 0.6) is 0 Å². The van der Waals surface area contributed by atoms with Crippen molar-refractivity contribution in [3.63, 3.8) is 0 Å². The Morgan fingerprint density at radius 2 is 2.06 bits per heavy atom. The highest BCUT2D eigenvalue weighted by Gasteiger charge is 2.28. The van der Waals surface area contributed by atoms with Gasteiger partial charge in [0.25, 0.3) is 0 Å². The topological polar surface area (TPSA) is 29.3 Å². The third-order valence-electron chi connectivity index (χ3n) is 3.75. The lowest BCUT2D eigenvalue weighted by Gasteiger charge is -2.41. The molecule has 0 amide bonds. The molecule has 1 fully saturated rings. The van der Waals surface area contributed by atoms with E-state index in [9.17, 15) is 0 Å². The Balaban J connectivity index is 2.12. The second-order valence-electron chi connectivity index (χ2n) is 6.13. The van der Waals surface area contributed by atoms with Crippen molar-refractivity contribution < 1.29 is 0 Å². The molecule has 0 saturated carbocycles. The van der Waals surface area contributed by atoms with Crippen molar-refractivity contribution >= 4 is 5.69 Å². The van der Waals surface area contributed by atoms with E-state index in [1.54, 1.807) is 0 Å². The molecule has 0 spiro atoms. The molecule has 1 aromatic rings.